The van der Waals surface area contributed by atoms with Gasteiger partial charge in [0.05, 0.1) is 12.5 Å². The number of ether oxygens (including phenoxy) is 1. The third-order valence-corrected chi connectivity index (χ3v) is 3.86. The first-order valence-electron chi connectivity index (χ1n) is 4.36. The molecule has 1 unspecified atom stereocenters. The Kier molecular flexibility index (Phi) is 2.51. The Balaban J connectivity index is 2.83. The summed E-state index contributed by atoms with van der Waals surface area (Å²) in [5.41, 5.74) is -0.0572. The third kappa shape index (κ3) is 1.64. The van der Waals surface area contributed by atoms with E-state index >= 15 is 0 Å². The molecule has 0 aliphatic rings. The molecule has 0 bridgehead atoms. The Morgan fingerprint density at radius 3 is 2.73 bits per heavy atom. The van der Waals surface area contributed by atoms with E-state index in [4.69, 9.17) is 4.74 Å². The number of benzene rings is 1. The molecule has 2 aromatic rings. The zero-order chi connectivity index (χ0) is 10.8. The van der Waals surface area contributed by atoms with Gasteiger partial charge in [-0.2, -0.15) is 4.79 Å². The van der Waals surface area contributed by atoms with Crippen LogP contribution in [0.15, 0.2) is 40.5 Å². The Bertz CT molecular complexity index is 571. The van der Waals surface area contributed by atoms with Crippen molar-refractivity contribution in [2.75, 3.05) is 7.11 Å². The van der Waals surface area contributed by atoms with E-state index in [1.807, 2.05) is 6.07 Å². The molecular formula is C11H9O3S+. The van der Waals surface area contributed by atoms with E-state index in [0.29, 0.717) is 5.39 Å². The predicted octanol–water partition coefficient (Wildman–Crippen LogP) is 2.56. The summed E-state index contributed by atoms with van der Waals surface area (Å²) < 4.78 is 5.44. The summed E-state index contributed by atoms with van der Waals surface area (Å²) in [6, 6.07) is 8.55. The lowest BCUT2D eigenvalue weighted by molar-refractivity contribution is 0.199. The second kappa shape index (κ2) is 3.82. The minimum Gasteiger partial charge on any atom is -0.425 e. The van der Waals surface area contributed by atoms with Crippen LogP contribution in [0.1, 0.15) is 0 Å². The molecule has 15 heavy (non-hydrogen) atoms. The van der Waals surface area contributed by atoms with Gasteiger partial charge in [-0.15, -0.1) is 0 Å². The summed E-state index contributed by atoms with van der Waals surface area (Å²) in [6.45, 7) is 0. The van der Waals surface area contributed by atoms with Gasteiger partial charge in [-0.25, -0.2) is 0 Å². The van der Waals surface area contributed by atoms with Crippen LogP contribution >= 0.6 is 10.5 Å². The Hall–Kier alpha value is -1.68. The fourth-order valence-electron chi connectivity index (χ4n) is 1.39. The Morgan fingerprint density at radius 1 is 1.27 bits per heavy atom. The molecule has 1 heterocycles. The van der Waals surface area contributed by atoms with Crippen molar-refractivity contribution in [3.05, 3.63) is 45.9 Å². The maximum Gasteiger partial charge on any atom is 0.554 e. The molecule has 2 rings (SSSR count). The highest BCUT2D eigenvalue weighted by Gasteiger charge is 2.21. The number of hydrogen-bond donors (Lipinski definition) is 0. The van der Waals surface area contributed by atoms with Gasteiger partial charge in [0.15, 0.2) is 15.5 Å². The number of hydrogen-bond acceptors (Lipinski definition) is 3. The molecule has 0 aliphatic heterocycles. The quantitative estimate of drug-likeness (QED) is 0.549. The van der Waals surface area contributed by atoms with E-state index in [9.17, 15) is 9.59 Å². The molecule has 0 radical (unpaired) electrons. The van der Waals surface area contributed by atoms with Crippen LogP contribution < -0.4 is 5.43 Å². The smallest absolute Gasteiger partial charge is 0.425 e. The van der Waals surface area contributed by atoms with Gasteiger partial charge in [-0.05, 0) is 12.1 Å². The van der Waals surface area contributed by atoms with Crippen LogP contribution in [-0.4, -0.2) is 12.4 Å². The van der Waals surface area contributed by atoms with Crippen molar-refractivity contribution in [1.82, 2.24) is 0 Å². The van der Waals surface area contributed by atoms with E-state index in [2.05, 4.69) is 0 Å². The zero-order valence-corrected chi connectivity index (χ0v) is 8.91. The largest absolute Gasteiger partial charge is 0.554 e. The number of fused-ring (bicyclic) bond motifs is 1. The topological polar surface area (TPSA) is 43.4 Å². The summed E-state index contributed by atoms with van der Waals surface area (Å²) in [4.78, 5) is 23.0. The van der Waals surface area contributed by atoms with Crippen LogP contribution in [-0.2, 0) is 4.74 Å². The third-order valence-electron chi connectivity index (χ3n) is 2.09. The van der Waals surface area contributed by atoms with Gasteiger partial charge in [0.1, 0.15) is 10.5 Å². The van der Waals surface area contributed by atoms with E-state index < -0.39 is 10.5 Å². The van der Waals surface area contributed by atoms with Crippen LogP contribution in [0.3, 0.4) is 0 Å². The summed E-state index contributed by atoms with van der Waals surface area (Å²) in [7, 11) is 0.602. The van der Waals surface area contributed by atoms with Crippen LogP contribution in [0.25, 0.3) is 10.1 Å². The van der Waals surface area contributed by atoms with Crippen molar-refractivity contribution in [2.45, 2.75) is 0 Å². The van der Waals surface area contributed by atoms with Gasteiger partial charge in [-0.3, -0.25) is 4.79 Å². The van der Waals surface area contributed by atoms with Gasteiger partial charge >= 0.3 is 5.30 Å². The molecule has 0 N–H and O–H groups in total. The highest BCUT2D eigenvalue weighted by atomic mass is 32.2. The molecule has 1 aromatic carbocycles. The molecule has 0 saturated carbocycles. The average Bonchev–Trinajstić information content (AvgIpc) is 2.29. The van der Waals surface area contributed by atoms with Crippen molar-refractivity contribution < 1.29 is 9.53 Å². The van der Waals surface area contributed by atoms with Crippen LogP contribution in [0.5, 0.6) is 0 Å². The Morgan fingerprint density at radius 2 is 2.00 bits per heavy atom. The van der Waals surface area contributed by atoms with Crippen LogP contribution in [0, 0.1) is 0 Å². The highest BCUT2D eigenvalue weighted by molar-refractivity contribution is 7.53. The molecule has 1 atom stereocenters. The molecule has 0 fully saturated rings. The SMILES string of the molecule is COC(=O)[s+]1ccc(=O)c2ccccc21. The summed E-state index contributed by atoms with van der Waals surface area (Å²) >= 11 is 0. The molecule has 0 spiro atoms. The molecule has 1 aromatic heterocycles. The number of carbonyl (C=O) groups excluding carboxylic acids is 1. The lowest BCUT2D eigenvalue weighted by atomic mass is 10.2. The van der Waals surface area contributed by atoms with E-state index in [-0.39, 0.29) is 10.7 Å². The van der Waals surface area contributed by atoms with E-state index in [0.717, 1.165) is 4.70 Å². The standard InChI is InChI=1S/C11H9O3S/c1-14-11(13)15-7-6-9(12)8-4-2-3-5-10(8)15/h2-7H,1H3/q+1. The summed E-state index contributed by atoms with van der Waals surface area (Å²) in [5, 5.41) is 1.89. The summed E-state index contributed by atoms with van der Waals surface area (Å²) in [6.07, 6.45) is 0. The fourth-order valence-corrected chi connectivity index (χ4v) is 2.90. The second-order valence-electron chi connectivity index (χ2n) is 2.96. The van der Waals surface area contributed by atoms with Crippen LogP contribution in [0.2, 0.25) is 0 Å². The molecule has 4 heteroatoms. The number of rotatable bonds is 1. The number of carbonyl (C=O) groups is 1. The van der Waals surface area contributed by atoms with Crippen molar-refractivity contribution >= 4 is 25.9 Å². The van der Waals surface area contributed by atoms with Gasteiger partial charge in [0, 0.05) is 6.07 Å². The van der Waals surface area contributed by atoms with Gasteiger partial charge in [0.25, 0.3) is 0 Å². The van der Waals surface area contributed by atoms with Crippen molar-refractivity contribution in [3.63, 3.8) is 0 Å². The molecular weight excluding hydrogens is 212 g/mol. The van der Waals surface area contributed by atoms with E-state index in [1.165, 1.54) is 13.2 Å². The maximum absolute atomic E-state index is 11.5. The van der Waals surface area contributed by atoms with Gasteiger partial charge in [0.2, 0.25) is 0 Å². The minimum absolute atomic E-state index is 0.0572. The highest BCUT2D eigenvalue weighted by Crippen LogP contribution is 2.28. The minimum atomic E-state index is -0.748. The fraction of sp³-hybridized carbons (Fsp3) is 0.0909. The van der Waals surface area contributed by atoms with E-state index in [1.54, 1.807) is 23.6 Å². The van der Waals surface area contributed by atoms with Crippen LogP contribution in [0.4, 0.5) is 4.79 Å². The first-order valence-corrected chi connectivity index (χ1v) is 5.65. The van der Waals surface area contributed by atoms with Gasteiger partial charge in [-0.1, -0.05) is 12.1 Å². The molecule has 0 aliphatic carbocycles. The first kappa shape index (κ1) is 9.86. The molecule has 76 valence electrons. The summed E-state index contributed by atoms with van der Waals surface area (Å²) in [5.74, 6) is 0. The van der Waals surface area contributed by atoms with Crippen molar-refractivity contribution in [3.8, 4) is 0 Å². The predicted molar refractivity (Wildman–Crippen MR) is 60.5 cm³/mol. The normalized spacial score (nSPS) is 11.4. The number of methoxy groups -OCH3 is 1. The molecule has 0 saturated heterocycles. The Labute approximate surface area is 88.9 Å². The average molecular weight is 221 g/mol. The second-order valence-corrected chi connectivity index (χ2v) is 4.68. The zero-order valence-electron chi connectivity index (χ0n) is 8.10. The maximum atomic E-state index is 11.5. The van der Waals surface area contributed by atoms with Gasteiger partial charge < -0.3 is 4.74 Å². The first-order chi connectivity index (χ1) is 7.24. The lowest BCUT2D eigenvalue weighted by Gasteiger charge is -1.93. The lowest BCUT2D eigenvalue weighted by Crippen LogP contribution is -2.01. The van der Waals surface area contributed by atoms with Crippen molar-refractivity contribution in [1.29, 1.82) is 0 Å². The monoisotopic (exact) mass is 221 g/mol. The van der Waals surface area contributed by atoms with Crippen molar-refractivity contribution in [2.24, 2.45) is 0 Å². The molecule has 0 amide bonds. The molecule has 3 nitrogen and oxygen atoms in total.